The van der Waals surface area contributed by atoms with Crippen LogP contribution in [0, 0.1) is 0 Å². The molecule has 1 unspecified atom stereocenters. The molecule has 0 saturated carbocycles. The Hall–Kier alpha value is -1.19. The molecule has 1 amide bonds. The van der Waals surface area contributed by atoms with Crippen molar-refractivity contribution in [3.63, 3.8) is 0 Å². The van der Waals surface area contributed by atoms with Gasteiger partial charge in [-0.25, -0.2) is 0 Å². The summed E-state index contributed by atoms with van der Waals surface area (Å²) in [5.41, 5.74) is 4.91. The van der Waals surface area contributed by atoms with E-state index in [-0.39, 0.29) is 12.8 Å². The molecule has 19 heavy (non-hydrogen) atoms. The van der Waals surface area contributed by atoms with Crippen LogP contribution < -0.4 is 10.5 Å². The van der Waals surface area contributed by atoms with E-state index in [4.69, 9.17) is 10.8 Å². The molecule has 0 heterocycles. The highest BCUT2D eigenvalue weighted by atomic mass is 32.2. The predicted octanol–water partition coefficient (Wildman–Crippen LogP) is -0.729. The van der Waals surface area contributed by atoms with Gasteiger partial charge in [-0.15, -0.1) is 0 Å². The Balaban J connectivity index is 4.64. The molecule has 0 saturated heterocycles. The number of nitrogens with two attached hydrogens (primary N) is 1. The zero-order chi connectivity index (χ0) is 15.1. The number of carboxylic acid groups (broad SMARTS) is 1. The minimum atomic E-state index is -3.87. The van der Waals surface area contributed by atoms with E-state index in [1.165, 1.54) is 7.05 Å². The molecular weight excluding hydrogens is 274 g/mol. The fourth-order valence-corrected chi connectivity index (χ4v) is 2.42. The van der Waals surface area contributed by atoms with Crippen LogP contribution in [0.1, 0.15) is 32.6 Å². The number of amides is 1. The SMILES string of the molecule is CCCCN(C)S(=O)(=O)NC(CCC(N)=O)C(=O)O. The van der Waals surface area contributed by atoms with Crippen molar-refractivity contribution in [1.82, 2.24) is 9.03 Å². The van der Waals surface area contributed by atoms with Crippen molar-refractivity contribution in [2.24, 2.45) is 5.73 Å². The van der Waals surface area contributed by atoms with E-state index >= 15 is 0 Å². The topological polar surface area (TPSA) is 130 Å². The third kappa shape index (κ3) is 7.09. The lowest BCUT2D eigenvalue weighted by Crippen LogP contribution is -2.47. The second-order valence-corrected chi connectivity index (χ2v) is 6.00. The zero-order valence-corrected chi connectivity index (χ0v) is 11.9. The van der Waals surface area contributed by atoms with E-state index in [9.17, 15) is 18.0 Å². The van der Waals surface area contributed by atoms with Crippen molar-refractivity contribution in [3.8, 4) is 0 Å². The van der Waals surface area contributed by atoms with E-state index in [1.807, 2.05) is 11.6 Å². The first-order chi connectivity index (χ1) is 8.70. The van der Waals surface area contributed by atoms with Gasteiger partial charge in [-0.3, -0.25) is 9.59 Å². The lowest BCUT2D eigenvalue weighted by Gasteiger charge is -2.20. The van der Waals surface area contributed by atoms with Gasteiger partial charge < -0.3 is 10.8 Å². The van der Waals surface area contributed by atoms with Crippen LogP contribution in [-0.2, 0) is 19.8 Å². The van der Waals surface area contributed by atoms with E-state index in [0.29, 0.717) is 13.0 Å². The third-order valence-electron chi connectivity index (χ3n) is 2.51. The normalized spacial score (nSPS) is 13.4. The van der Waals surface area contributed by atoms with Gasteiger partial charge in [-0.05, 0) is 12.8 Å². The van der Waals surface area contributed by atoms with Gasteiger partial charge in [0, 0.05) is 20.0 Å². The predicted molar refractivity (Wildman–Crippen MR) is 69.4 cm³/mol. The number of aliphatic carboxylic acids is 1. The molecular formula is C10H21N3O5S. The van der Waals surface area contributed by atoms with E-state index in [2.05, 4.69) is 0 Å². The van der Waals surface area contributed by atoms with Crippen LogP contribution in [0.3, 0.4) is 0 Å². The van der Waals surface area contributed by atoms with Crippen LogP contribution >= 0.6 is 0 Å². The molecule has 0 aliphatic heterocycles. The largest absolute Gasteiger partial charge is 0.480 e. The summed E-state index contributed by atoms with van der Waals surface area (Å²) in [6.45, 7) is 2.22. The van der Waals surface area contributed by atoms with Crippen molar-refractivity contribution in [2.45, 2.75) is 38.6 Å². The van der Waals surface area contributed by atoms with E-state index in [1.54, 1.807) is 0 Å². The molecule has 0 aromatic heterocycles. The highest BCUT2D eigenvalue weighted by Crippen LogP contribution is 2.04. The van der Waals surface area contributed by atoms with E-state index < -0.39 is 28.1 Å². The van der Waals surface area contributed by atoms with Gasteiger partial charge in [-0.1, -0.05) is 13.3 Å². The quantitative estimate of drug-likeness (QED) is 0.489. The van der Waals surface area contributed by atoms with Crippen molar-refractivity contribution in [3.05, 3.63) is 0 Å². The number of nitrogens with zero attached hydrogens (tertiary/aromatic N) is 1. The van der Waals surface area contributed by atoms with Gasteiger partial charge in [-0.2, -0.15) is 17.4 Å². The van der Waals surface area contributed by atoms with Crippen LogP contribution in [-0.4, -0.2) is 49.3 Å². The zero-order valence-electron chi connectivity index (χ0n) is 11.1. The summed E-state index contributed by atoms with van der Waals surface area (Å²) in [5.74, 6) is -2.02. The summed E-state index contributed by atoms with van der Waals surface area (Å²) in [6, 6.07) is -1.36. The number of hydrogen-bond acceptors (Lipinski definition) is 4. The van der Waals surface area contributed by atoms with Crippen molar-refractivity contribution < 1.29 is 23.1 Å². The van der Waals surface area contributed by atoms with Crippen LogP contribution in [0.2, 0.25) is 0 Å². The van der Waals surface area contributed by atoms with E-state index in [0.717, 1.165) is 10.7 Å². The van der Waals surface area contributed by atoms with Crippen LogP contribution in [0.5, 0.6) is 0 Å². The number of carbonyl (C=O) groups is 2. The Kier molecular flexibility index (Phi) is 7.57. The lowest BCUT2D eigenvalue weighted by atomic mass is 10.2. The molecule has 8 nitrogen and oxygen atoms in total. The average molecular weight is 295 g/mol. The highest BCUT2D eigenvalue weighted by molar-refractivity contribution is 7.87. The number of carboxylic acids is 1. The van der Waals surface area contributed by atoms with Crippen LogP contribution in [0.15, 0.2) is 0 Å². The minimum absolute atomic E-state index is 0.175. The Labute approximate surface area is 113 Å². The summed E-state index contributed by atoms with van der Waals surface area (Å²) in [6.07, 6.45) is 1.13. The maximum atomic E-state index is 11.8. The number of carbonyl (C=O) groups excluding carboxylic acids is 1. The summed E-state index contributed by atoms with van der Waals surface area (Å²) >= 11 is 0. The number of nitrogens with one attached hydrogen (secondary N) is 1. The Bertz CT molecular complexity index is 409. The molecule has 112 valence electrons. The first-order valence-electron chi connectivity index (χ1n) is 5.95. The molecule has 0 fully saturated rings. The molecule has 0 aromatic carbocycles. The number of primary amides is 1. The summed E-state index contributed by atoms with van der Waals surface area (Å²) in [5, 5.41) is 8.91. The summed E-state index contributed by atoms with van der Waals surface area (Å²) < 4.78 is 26.8. The molecule has 1 atom stereocenters. The second-order valence-electron chi connectivity index (χ2n) is 4.19. The van der Waals surface area contributed by atoms with Crippen molar-refractivity contribution in [2.75, 3.05) is 13.6 Å². The lowest BCUT2D eigenvalue weighted by molar-refractivity contribution is -0.139. The van der Waals surface area contributed by atoms with Crippen LogP contribution in [0.4, 0.5) is 0 Å². The summed E-state index contributed by atoms with van der Waals surface area (Å²) in [4.78, 5) is 21.5. The third-order valence-corrected chi connectivity index (χ3v) is 4.09. The fourth-order valence-electron chi connectivity index (χ4n) is 1.29. The fraction of sp³-hybridized carbons (Fsp3) is 0.800. The summed E-state index contributed by atoms with van der Waals surface area (Å²) in [7, 11) is -2.51. The van der Waals surface area contributed by atoms with Gasteiger partial charge in [0.2, 0.25) is 5.91 Å². The Morgan fingerprint density at radius 1 is 1.42 bits per heavy atom. The molecule has 4 N–H and O–H groups in total. The van der Waals surface area contributed by atoms with Crippen LogP contribution in [0.25, 0.3) is 0 Å². The molecule has 0 aromatic rings. The maximum absolute atomic E-state index is 11.8. The van der Waals surface area contributed by atoms with Gasteiger partial charge in [0.05, 0.1) is 0 Å². The van der Waals surface area contributed by atoms with Gasteiger partial charge in [0.15, 0.2) is 0 Å². The number of rotatable bonds is 10. The minimum Gasteiger partial charge on any atom is -0.480 e. The molecule has 9 heteroatoms. The van der Waals surface area contributed by atoms with Crippen molar-refractivity contribution in [1.29, 1.82) is 0 Å². The Morgan fingerprint density at radius 2 is 2.00 bits per heavy atom. The highest BCUT2D eigenvalue weighted by Gasteiger charge is 2.26. The Morgan fingerprint density at radius 3 is 2.42 bits per heavy atom. The molecule has 0 radical (unpaired) electrons. The molecule has 0 spiro atoms. The molecule has 0 aliphatic rings. The standard InChI is InChI=1S/C10H21N3O5S/c1-3-4-7-13(2)19(17,18)12-8(10(15)16)5-6-9(11)14/h8,12H,3-7H2,1-2H3,(H2,11,14)(H,15,16). The van der Waals surface area contributed by atoms with Gasteiger partial charge >= 0.3 is 5.97 Å². The molecule has 0 aliphatic carbocycles. The first kappa shape index (κ1) is 17.8. The smallest absolute Gasteiger partial charge is 0.321 e. The average Bonchev–Trinajstić information content (AvgIpc) is 2.30. The number of hydrogen-bond donors (Lipinski definition) is 3. The number of unbranched alkanes of at least 4 members (excludes halogenated alkanes) is 1. The monoisotopic (exact) mass is 295 g/mol. The second kappa shape index (κ2) is 8.08. The van der Waals surface area contributed by atoms with Gasteiger partial charge in [0.25, 0.3) is 10.2 Å². The maximum Gasteiger partial charge on any atom is 0.321 e. The van der Waals surface area contributed by atoms with Gasteiger partial charge in [0.1, 0.15) is 6.04 Å². The molecule has 0 bridgehead atoms. The van der Waals surface area contributed by atoms with Crippen molar-refractivity contribution >= 4 is 22.1 Å². The first-order valence-corrected chi connectivity index (χ1v) is 7.39. The molecule has 0 rings (SSSR count).